The Morgan fingerprint density at radius 2 is 1.86 bits per heavy atom. The number of carbonyl (C=O) groups is 4. The number of hydrogen-bond acceptors (Lipinski definition) is 4. The summed E-state index contributed by atoms with van der Waals surface area (Å²) in [4.78, 5) is 49.4. The highest BCUT2D eigenvalue weighted by Crippen LogP contribution is 2.52. The van der Waals surface area contributed by atoms with Crippen molar-refractivity contribution in [2.75, 3.05) is 0 Å². The highest BCUT2D eigenvalue weighted by atomic mass is 19.1. The molecular weight excluding hydrogens is 291 g/mol. The second-order valence-electron chi connectivity index (χ2n) is 5.96. The number of amides is 4. The van der Waals surface area contributed by atoms with Crippen molar-refractivity contribution >= 4 is 23.6 Å². The lowest BCUT2D eigenvalue weighted by molar-refractivity contribution is -0.141. The maximum atomic E-state index is 13.8. The summed E-state index contributed by atoms with van der Waals surface area (Å²) in [7, 11) is 0. The second-order valence-corrected chi connectivity index (χ2v) is 5.96. The maximum absolute atomic E-state index is 13.8. The highest BCUT2D eigenvalue weighted by molar-refractivity contribution is 6.23. The molecule has 4 rings (SSSR count). The SMILES string of the molecule is O=C1NC(=O)C2(CC2)CC1N1C(=O)c2cccc(F)c2C1=O. The molecule has 112 valence electrons. The summed E-state index contributed by atoms with van der Waals surface area (Å²) < 4.78 is 13.8. The van der Waals surface area contributed by atoms with E-state index in [-0.39, 0.29) is 23.5 Å². The lowest BCUT2D eigenvalue weighted by atomic mass is 9.90. The van der Waals surface area contributed by atoms with Crippen molar-refractivity contribution in [1.82, 2.24) is 10.2 Å². The monoisotopic (exact) mass is 302 g/mol. The molecule has 7 heteroatoms. The molecule has 2 fully saturated rings. The van der Waals surface area contributed by atoms with Crippen molar-refractivity contribution in [2.24, 2.45) is 5.41 Å². The van der Waals surface area contributed by atoms with Gasteiger partial charge in [-0.3, -0.25) is 29.4 Å². The van der Waals surface area contributed by atoms with E-state index >= 15 is 0 Å². The van der Waals surface area contributed by atoms with Crippen LogP contribution in [0.3, 0.4) is 0 Å². The highest BCUT2D eigenvalue weighted by Gasteiger charge is 2.58. The van der Waals surface area contributed by atoms with Crippen LogP contribution in [0, 0.1) is 11.2 Å². The average Bonchev–Trinajstić information content (AvgIpc) is 3.20. The molecular formula is C15H11FN2O4. The predicted octanol–water partition coefficient (Wildman–Crippen LogP) is 0.617. The van der Waals surface area contributed by atoms with Gasteiger partial charge in [-0.2, -0.15) is 0 Å². The number of hydrogen-bond donors (Lipinski definition) is 1. The standard InChI is InChI=1S/C15H11FN2O4/c16-8-3-1-2-7-10(8)13(21)18(12(7)20)9-6-15(4-5-15)14(22)17-11(9)19/h1-3,9H,4-6H2,(H,17,19,22). The first kappa shape index (κ1) is 13.1. The lowest BCUT2D eigenvalue weighted by Gasteiger charge is -2.32. The molecule has 1 aliphatic carbocycles. The molecule has 3 aliphatic rings. The molecule has 1 spiro atoms. The third kappa shape index (κ3) is 1.53. The normalized spacial score (nSPS) is 25.5. The molecule has 1 saturated carbocycles. The van der Waals surface area contributed by atoms with Crippen molar-refractivity contribution in [3.63, 3.8) is 0 Å². The third-order valence-corrected chi connectivity index (χ3v) is 4.67. The summed E-state index contributed by atoms with van der Waals surface area (Å²) in [5.74, 6) is -3.33. The molecule has 4 amide bonds. The van der Waals surface area contributed by atoms with Crippen LogP contribution in [0.15, 0.2) is 18.2 Å². The minimum atomic E-state index is -1.06. The van der Waals surface area contributed by atoms with Crippen LogP contribution < -0.4 is 5.32 Å². The Labute approximate surface area is 124 Å². The van der Waals surface area contributed by atoms with E-state index in [1.165, 1.54) is 12.1 Å². The Balaban J connectivity index is 1.74. The van der Waals surface area contributed by atoms with Crippen LogP contribution in [-0.4, -0.2) is 34.6 Å². The van der Waals surface area contributed by atoms with Gasteiger partial charge in [0.2, 0.25) is 11.8 Å². The van der Waals surface area contributed by atoms with Gasteiger partial charge in [-0.25, -0.2) is 4.39 Å². The number of piperidine rings is 1. The molecule has 0 radical (unpaired) electrons. The number of nitrogens with zero attached hydrogens (tertiary/aromatic N) is 1. The number of benzene rings is 1. The maximum Gasteiger partial charge on any atom is 0.265 e. The van der Waals surface area contributed by atoms with Gasteiger partial charge in [0, 0.05) is 0 Å². The zero-order valence-electron chi connectivity index (χ0n) is 11.4. The summed E-state index contributed by atoms with van der Waals surface area (Å²) in [5.41, 5.74) is -1.01. The van der Waals surface area contributed by atoms with Gasteiger partial charge < -0.3 is 0 Å². The summed E-state index contributed by atoms with van der Waals surface area (Å²) in [5, 5.41) is 2.22. The van der Waals surface area contributed by atoms with Gasteiger partial charge in [-0.05, 0) is 31.4 Å². The van der Waals surface area contributed by atoms with Crippen molar-refractivity contribution in [3.05, 3.63) is 35.1 Å². The minimum Gasteiger partial charge on any atom is -0.294 e. The molecule has 6 nitrogen and oxygen atoms in total. The van der Waals surface area contributed by atoms with E-state index in [9.17, 15) is 23.6 Å². The zero-order chi connectivity index (χ0) is 15.6. The van der Waals surface area contributed by atoms with E-state index in [2.05, 4.69) is 5.32 Å². The van der Waals surface area contributed by atoms with Gasteiger partial charge in [-0.1, -0.05) is 6.07 Å². The molecule has 2 aliphatic heterocycles. The Hall–Kier alpha value is -2.57. The van der Waals surface area contributed by atoms with Crippen LogP contribution in [0.5, 0.6) is 0 Å². The van der Waals surface area contributed by atoms with E-state index in [1.807, 2.05) is 0 Å². The summed E-state index contributed by atoms with van der Waals surface area (Å²) in [6, 6.07) is 2.74. The molecule has 22 heavy (non-hydrogen) atoms. The first-order chi connectivity index (χ1) is 10.4. The fourth-order valence-electron chi connectivity index (χ4n) is 3.22. The molecule has 1 saturated heterocycles. The van der Waals surface area contributed by atoms with Crippen LogP contribution in [-0.2, 0) is 9.59 Å². The molecule has 0 aromatic heterocycles. The second kappa shape index (κ2) is 4.00. The average molecular weight is 302 g/mol. The number of imide groups is 2. The number of fused-ring (bicyclic) bond motifs is 1. The molecule has 1 unspecified atom stereocenters. The summed E-state index contributed by atoms with van der Waals surface area (Å²) >= 11 is 0. The van der Waals surface area contributed by atoms with Gasteiger partial charge in [0.05, 0.1) is 16.5 Å². The molecule has 1 aromatic rings. The quantitative estimate of drug-likeness (QED) is 0.771. The molecule has 1 aromatic carbocycles. The van der Waals surface area contributed by atoms with Gasteiger partial charge in [-0.15, -0.1) is 0 Å². The van der Waals surface area contributed by atoms with E-state index in [0.29, 0.717) is 12.8 Å². The van der Waals surface area contributed by atoms with Crippen molar-refractivity contribution in [1.29, 1.82) is 0 Å². The molecule has 1 atom stereocenters. The summed E-state index contributed by atoms with van der Waals surface area (Å²) in [6.45, 7) is 0. The Morgan fingerprint density at radius 3 is 2.50 bits per heavy atom. The van der Waals surface area contributed by atoms with Gasteiger partial charge in [0.1, 0.15) is 11.9 Å². The molecule has 2 heterocycles. The zero-order valence-corrected chi connectivity index (χ0v) is 11.4. The first-order valence-electron chi connectivity index (χ1n) is 6.96. The van der Waals surface area contributed by atoms with Crippen LogP contribution in [0.1, 0.15) is 40.0 Å². The van der Waals surface area contributed by atoms with Crippen molar-refractivity contribution in [2.45, 2.75) is 25.3 Å². The van der Waals surface area contributed by atoms with Crippen LogP contribution in [0.4, 0.5) is 4.39 Å². The van der Waals surface area contributed by atoms with E-state index < -0.39 is 35.0 Å². The van der Waals surface area contributed by atoms with Gasteiger partial charge in [0.15, 0.2) is 0 Å². The van der Waals surface area contributed by atoms with Crippen LogP contribution in [0.2, 0.25) is 0 Å². The number of carbonyl (C=O) groups excluding carboxylic acids is 4. The number of rotatable bonds is 1. The number of halogens is 1. The third-order valence-electron chi connectivity index (χ3n) is 4.67. The van der Waals surface area contributed by atoms with Gasteiger partial charge >= 0.3 is 0 Å². The Morgan fingerprint density at radius 1 is 1.14 bits per heavy atom. The Bertz CT molecular complexity index is 769. The lowest BCUT2D eigenvalue weighted by Crippen LogP contribution is -2.58. The molecule has 0 bridgehead atoms. The van der Waals surface area contributed by atoms with Gasteiger partial charge in [0.25, 0.3) is 11.8 Å². The first-order valence-corrected chi connectivity index (χ1v) is 6.96. The van der Waals surface area contributed by atoms with E-state index in [1.54, 1.807) is 0 Å². The number of nitrogens with one attached hydrogen (secondary N) is 1. The van der Waals surface area contributed by atoms with Crippen molar-refractivity contribution in [3.8, 4) is 0 Å². The minimum absolute atomic E-state index is 0.0421. The molecule has 1 N–H and O–H groups in total. The van der Waals surface area contributed by atoms with Crippen LogP contribution in [0.25, 0.3) is 0 Å². The van der Waals surface area contributed by atoms with Crippen molar-refractivity contribution < 1.29 is 23.6 Å². The van der Waals surface area contributed by atoms with E-state index in [0.717, 1.165) is 11.0 Å². The predicted molar refractivity (Wildman–Crippen MR) is 70.1 cm³/mol. The fraction of sp³-hybridized carbons (Fsp3) is 0.333. The smallest absolute Gasteiger partial charge is 0.265 e. The fourth-order valence-corrected chi connectivity index (χ4v) is 3.22. The summed E-state index contributed by atoms with van der Waals surface area (Å²) in [6.07, 6.45) is 1.37. The Kier molecular flexibility index (Phi) is 2.38. The van der Waals surface area contributed by atoms with E-state index in [4.69, 9.17) is 0 Å². The van der Waals surface area contributed by atoms with Crippen LogP contribution >= 0.6 is 0 Å². The topological polar surface area (TPSA) is 83.6 Å². The largest absolute Gasteiger partial charge is 0.294 e.